The summed E-state index contributed by atoms with van der Waals surface area (Å²) in [5.41, 5.74) is 0.159. The van der Waals surface area contributed by atoms with E-state index in [0.29, 0.717) is 24.8 Å². The molecule has 6 heteroatoms. The normalized spacial score (nSPS) is 22.9. The summed E-state index contributed by atoms with van der Waals surface area (Å²) < 4.78 is 5.40. The van der Waals surface area contributed by atoms with Gasteiger partial charge >= 0.3 is 0 Å². The molecule has 3 fully saturated rings. The molecular formula is C19H30N4O2. The second-order valence-corrected chi connectivity index (χ2v) is 8.77. The Morgan fingerprint density at radius 2 is 1.96 bits per heavy atom. The van der Waals surface area contributed by atoms with E-state index in [1.165, 1.54) is 25.7 Å². The smallest absolute Gasteiger partial charge is 0.240 e. The Bertz CT molecular complexity index is 619. The number of hydrogen-bond donors (Lipinski definition) is 0. The molecule has 2 saturated carbocycles. The Morgan fingerprint density at radius 1 is 1.16 bits per heavy atom. The molecule has 0 spiro atoms. The molecule has 0 radical (unpaired) electrons. The molecule has 2 aliphatic carbocycles. The van der Waals surface area contributed by atoms with E-state index in [4.69, 9.17) is 4.52 Å². The minimum Gasteiger partial charge on any atom is -0.341 e. The topological polar surface area (TPSA) is 62.5 Å². The van der Waals surface area contributed by atoms with Crippen molar-refractivity contribution in [1.29, 1.82) is 0 Å². The van der Waals surface area contributed by atoms with Gasteiger partial charge in [-0.15, -0.1) is 0 Å². The quantitative estimate of drug-likeness (QED) is 0.792. The molecule has 0 aromatic carbocycles. The average molecular weight is 346 g/mol. The minimum atomic E-state index is 0.159. The molecule has 0 atom stereocenters. The van der Waals surface area contributed by atoms with Gasteiger partial charge in [0.05, 0.1) is 6.54 Å². The maximum Gasteiger partial charge on any atom is 0.240 e. The zero-order valence-electron chi connectivity index (χ0n) is 15.5. The van der Waals surface area contributed by atoms with E-state index in [2.05, 4.69) is 33.8 Å². The van der Waals surface area contributed by atoms with E-state index in [9.17, 15) is 4.79 Å². The molecule has 1 aromatic rings. The Balaban J connectivity index is 1.28. The van der Waals surface area contributed by atoms with Crippen molar-refractivity contribution >= 4 is 5.91 Å². The highest BCUT2D eigenvalue weighted by Crippen LogP contribution is 2.47. The lowest BCUT2D eigenvalue weighted by Gasteiger charge is -2.28. The molecule has 25 heavy (non-hydrogen) atoms. The van der Waals surface area contributed by atoms with E-state index < -0.39 is 0 Å². The fraction of sp³-hybridized carbons (Fsp3) is 0.842. The fourth-order valence-electron chi connectivity index (χ4n) is 3.92. The third kappa shape index (κ3) is 4.22. The average Bonchev–Trinajstić information content (AvgIpc) is 3.45. The van der Waals surface area contributed by atoms with Gasteiger partial charge in [-0.3, -0.25) is 9.69 Å². The van der Waals surface area contributed by atoms with Crippen LogP contribution in [0.2, 0.25) is 0 Å². The third-order valence-electron chi connectivity index (χ3n) is 6.02. The minimum absolute atomic E-state index is 0.159. The second-order valence-electron chi connectivity index (χ2n) is 8.77. The second kappa shape index (κ2) is 6.71. The van der Waals surface area contributed by atoms with Crippen molar-refractivity contribution in [3.8, 4) is 0 Å². The van der Waals surface area contributed by atoms with Crippen molar-refractivity contribution in [2.24, 2.45) is 11.3 Å². The molecule has 1 aliphatic heterocycles. The summed E-state index contributed by atoms with van der Waals surface area (Å²) in [7, 11) is 0. The van der Waals surface area contributed by atoms with Crippen molar-refractivity contribution in [3.05, 3.63) is 11.7 Å². The first-order chi connectivity index (χ1) is 12.0. The molecule has 2 heterocycles. The predicted octanol–water partition coefficient (Wildman–Crippen LogP) is 2.81. The van der Waals surface area contributed by atoms with Crippen LogP contribution in [0.5, 0.6) is 0 Å². The van der Waals surface area contributed by atoms with Crippen molar-refractivity contribution in [2.75, 3.05) is 26.2 Å². The molecule has 0 bridgehead atoms. The lowest BCUT2D eigenvalue weighted by atomic mass is 9.83. The zero-order valence-corrected chi connectivity index (χ0v) is 15.5. The molecule has 1 saturated heterocycles. The van der Waals surface area contributed by atoms with E-state index in [1.54, 1.807) is 0 Å². The van der Waals surface area contributed by atoms with Crippen LogP contribution in [0, 0.1) is 11.3 Å². The monoisotopic (exact) mass is 346 g/mol. The highest BCUT2D eigenvalue weighted by Gasteiger charge is 2.40. The van der Waals surface area contributed by atoms with Crippen LogP contribution in [-0.2, 0) is 11.3 Å². The van der Waals surface area contributed by atoms with Gasteiger partial charge in [0, 0.05) is 38.5 Å². The third-order valence-corrected chi connectivity index (χ3v) is 6.02. The summed E-state index contributed by atoms with van der Waals surface area (Å²) in [6.07, 6.45) is 6.67. The van der Waals surface area contributed by atoms with Gasteiger partial charge in [0.25, 0.3) is 0 Å². The molecule has 1 aromatic heterocycles. The SMILES string of the molecule is CC(C)(CC(=O)N1CCCN(Cc2nc(C3CC3)no2)CC1)C1CC1. The van der Waals surface area contributed by atoms with Crippen LogP contribution in [0.1, 0.15) is 70.0 Å². The molecule has 0 unspecified atom stereocenters. The standard InChI is InChI=1S/C19H30N4O2/c1-19(2,15-6-7-15)12-17(24)23-9-3-8-22(10-11-23)13-16-20-18(21-25-16)14-4-5-14/h14-15H,3-13H2,1-2H3. The van der Waals surface area contributed by atoms with Gasteiger partial charge < -0.3 is 9.42 Å². The number of aromatic nitrogens is 2. The molecular weight excluding hydrogens is 316 g/mol. The molecule has 0 N–H and O–H groups in total. The first-order valence-electron chi connectivity index (χ1n) is 9.84. The Kier molecular flexibility index (Phi) is 4.56. The van der Waals surface area contributed by atoms with E-state index in [-0.39, 0.29) is 5.41 Å². The highest BCUT2D eigenvalue weighted by molar-refractivity contribution is 5.77. The van der Waals surface area contributed by atoms with Crippen LogP contribution in [0.15, 0.2) is 4.52 Å². The summed E-state index contributed by atoms with van der Waals surface area (Å²) >= 11 is 0. The van der Waals surface area contributed by atoms with E-state index in [1.807, 2.05) is 0 Å². The lowest BCUT2D eigenvalue weighted by Crippen LogP contribution is -2.37. The van der Waals surface area contributed by atoms with Gasteiger partial charge in [-0.2, -0.15) is 4.98 Å². The fourth-order valence-corrected chi connectivity index (χ4v) is 3.92. The highest BCUT2D eigenvalue weighted by atomic mass is 16.5. The lowest BCUT2D eigenvalue weighted by molar-refractivity contribution is -0.133. The van der Waals surface area contributed by atoms with Crippen molar-refractivity contribution < 1.29 is 9.32 Å². The molecule has 6 nitrogen and oxygen atoms in total. The number of rotatable bonds is 6. The van der Waals surface area contributed by atoms with Crippen LogP contribution in [0.25, 0.3) is 0 Å². The molecule has 3 aliphatic rings. The molecule has 138 valence electrons. The van der Waals surface area contributed by atoms with Gasteiger partial charge in [0.1, 0.15) is 0 Å². The van der Waals surface area contributed by atoms with Crippen molar-refractivity contribution in [1.82, 2.24) is 19.9 Å². The first kappa shape index (κ1) is 17.0. The number of carbonyl (C=O) groups is 1. The zero-order chi connectivity index (χ0) is 17.4. The van der Waals surface area contributed by atoms with Gasteiger partial charge in [-0.05, 0) is 43.4 Å². The summed E-state index contributed by atoms with van der Waals surface area (Å²) in [5.74, 6) is 3.20. The Hall–Kier alpha value is -1.43. The first-order valence-corrected chi connectivity index (χ1v) is 9.84. The predicted molar refractivity (Wildman–Crippen MR) is 93.9 cm³/mol. The van der Waals surface area contributed by atoms with Crippen LogP contribution in [0.3, 0.4) is 0 Å². The Labute approximate surface area is 149 Å². The molecule has 4 rings (SSSR count). The number of carbonyl (C=O) groups excluding carboxylic acids is 1. The summed E-state index contributed by atoms with van der Waals surface area (Å²) in [4.78, 5) is 21.6. The van der Waals surface area contributed by atoms with Gasteiger partial charge in [-0.1, -0.05) is 19.0 Å². The van der Waals surface area contributed by atoms with Crippen molar-refractivity contribution in [3.63, 3.8) is 0 Å². The van der Waals surface area contributed by atoms with Gasteiger partial charge in [0.2, 0.25) is 11.8 Å². The summed E-state index contributed by atoms with van der Waals surface area (Å²) in [5, 5.41) is 4.10. The van der Waals surface area contributed by atoms with E-state index >= 15 is 0 Å². The number of nitrogens with zero attached hydrogens (tertiary/aromatic N) is 4. The summed E-state index contributed by atoms with van der Waals surface area (Å²) in [6.45, 7) is 8.75. The van der Waals surface area contributed by atoms with Crippen LogP contribution >= 0.6 is 0 Å². The van der Waals surface area contributed by atoms with Gasteiger partial charge in [0.15, 0.2) is 5.82 Å². The number of hydrogen-bond acceptors (Lipinski definition) is 5. The largest absolute Gasteiger partial charge is 0.341 e. The van der Waals surface area contributed by atoms with Crippen LogP contribution in [0.4, 0.5) is 0 Å². The maximum absolute atomic E-state index is 12.7. The Morgan fingerprint density at radius 3 is 2.68 bits per heavy atom. The number of amides is 1. The summed E-state index contributed by atoms with van der Waals surface area (Å²) in [6, 6.07) is 0. The van der Waals surface area contributed by atoms with E-state index in [0.717, 1.165) is 50.2 Å². The van der Waals surface area contributed by atoms with Crippen LogP contribution in [-0.4, -0.2) is 52.0 Å². The van der Waals surface area contributed by atoms with Gasteiger partial charge in [-0.25, -0.2) is 0 Å². The molecule has 1 amide bonds. The van der Waals surface area contributed by atoms with Crippen LogP contribution < -0.4 is 0 Å². The maximum atomic E-state index is 12.7. The van der Waals surface area contributed by atoms with Crippen molar-refractivity contribution in [2.45, 2.75) is 64.8 Å².